The molecule has 3 saturated carbocycles. The van der Waals surface area contributed by atoms with Gasteiger partial charge >= 0.3 is 6.16 Å². The molecule has 168 valence electrons. The van der Waals surface area contributed by atoms with E-state index in [-0.39, 0.29) is 12.2 Å². The maximum Gasteiger partial charge on any atom is 0.508 e. The molecule has 0 heterocycles. The molecule has 3 heteroatoms. The third kappa shape index (κ3) is 7.47. The van der Waals surface area contributed by atoms with Gasteiger partial charge in [-0.15, -0.1) is 0 Å². The molecule has 0 aromatic rings. The zero-order chi connectivity index (χ0) is 20.5. The van der Waals surface area contributed by atoms with E-state index in [2.05, 4.69) is 13.8 Å². The number of carbonyl (C=O) groups excluding carboxylic acids is 1. The lowest BCUT2D eigenvalue weighted by atomic mass is 9.70. The minimum atomic E-state index is -0.399. The summed E-state index contributed by atoms with van der Waals surface area (Å²) in [5.74, 6) is 3.64. The molecule has 0 radical (unpaired) electrons. The maximum absolute atomic E-state index is 12.2. The zero-order valence-electron chi connectivity index (χ0n) is 19.2. The van der Waals surface area contributed by atoms with Gasteiger partial charge in [0, 0.05) is 0 Å². The van der Waals surface area contributed by atoms with Crippen LogP contribution in [-0.4, -0.2) is 18.4 Å². The molecule has 0 atom stereocenters. The molecule has 0 aromatic carbocycles. The first-order chi connectivity index (χ1) is 14.2. The zero-order valence-corrected chi connectivity index (χ0v) is 19.2. The predicted octanol–water partition coefficient (Wildman–Crippen LogP) is 8.05. The molecule has 0 unspecified atom stereocenters. The number of hydrogen-bond acceptors (Lipinski definition) is 3. The lowest BCUT2D eigenvalue weighted by molar-refractivity contribution is -0.0293. The van der Waals surface area contributed by atoms with Gasteiger partial charge < -0.3 is 9.47 Å². The van der Waals surface area contributed by atoms with Gasteiger partial charge in [0.05, 0.1) is 0 Å². The molecule has 3 nitrogen and oxygen atoms in total. The van der Waals surface area contributed by atoms with E-state index in [4.69, 9.17) is 9.47 Å². The smallest absolute Gasteiger partial charge is 0.431 e. The van der Waals surface area contributed by atoms with E-state index in [9.17, 15) is 4.79 Å². The molecular formula is C26H46O3. The van der Waals surface area contributed by atoms with Crippen molar-refractivity contribution >= 4 is 6.16 Å². The number of carbonyl (C=O) groups is 1. The summed E-state index contributed by atoms with van der Waals surface area (Å²) >= 11 is 0. The Bertz CT molecular complexity index is 453. The van der Waals surface area contributed by atoms with Gasteiger partial charge in [-0.25, -0.2) is 4.79 Å². The number of unbranched alkanes of at least 4 members (excludes halogenated alkanes) is 1. The molecule has 3 aliphatic carbocycles. The van der Waals surface area contributed by atoms with E-state index in [0.29, 0.717) is 0 Å². The van der Waals surface area contributed by atoms with Crippen molar-refractivity contribution in [3.8, 4) is 0 Å². The summed E-state index contributed by atoms with van der Waals surface area (Å²) in [6.07, 6.45) is 21.4. The third-order valence-electron chi connectivity index (χ3n) is 8.26. The Labute approximate surface area is 179 Å². The fourth-order valence-corrected chi connectivity index (χ4v) is 6.37. The van der Waals surface area contributed by atoms with Crippen molar-refractivity contribution in [2.75, 3.05) is 0 Å². The average Bonchev–Trinajstić information content (AvgIpc) is 2.75. The van der Waals surface area contributed by atoms with Gasteiger partial charge in [-0.1, -0.05) is 58.8 Å². The summed E-state index contributed by atoms with van der Waals surface area (Å²) in [4.78, 5) is 12.2. The van der Waals surface area contributed by atoms with Gasteiger partial charge in [-0.2, -0.15) is 0 Å². The topological polar surface area (TPSA) is 35.5 Å². The molecule has 0 N–H and O–H groups in total. The third-order valence-corrected chi connectivity index (χ3v) is 8.26. The SMILES string of the molecule is CCCCC1CCC(C2CCC(OC(=O)OC3CCC(CCC)CC3)CC2)CC1. The van der Waals surface area contributed by atoms with Crippen molar-refractivity contribution in [3.63, 3.8) is 0 Å². The molecule has 0 aliphatic heterocycles. The summed E-state index contributed by atoms with van der Waals surface area (Å²) in [6.45, 7) is 4.56. The van der Waals surface area contributed by atoms with Crippen LogP contribution < -0.4 is 0 Å². The summed E-state index contributed by atoms with van der Waals surface area (Å²) < 4.78 is 11.4. The minimum absolute atomic E-state index is 0.0924. The van der Waals surface area contributed by atoms with Crippen molar-refractivity contribution < 1.29 is 14.3 Å². The van der Waals surface area contributed by atoms with Crippen LogP contribution in [0.2, 0.25) is 0 Å². The fraction of sp³-hybridized carbons (Fsp3) is 0.962. The van der Waals surface area contributed by atoms with Crippen LogP contribution in [0.1, 0.15) is 123 Å². The highest BCUT2D eigenvalue weighted by Crippen LogP contribution is 2.41. The summed E-state index contributed by atoms with van der Waals surface area (Å²) in [7, 11) is 0. The van der Waals surface area contributed by atoms with E-state index in [0.717, 1.165) is 49.4 Å². The van der Waals surface area contributed by atoms with E-state index in [1.165, 1.54) is 83.5 Å². The fourth-order valence-electron chi connectivity index (χ4n) is 6.37. The Hall–Kier alpha value is -0.730. The second-order valence-electron chi connectivity index (χ2n) is 10.4. The average molecular weight is 407 g/mol. The largest absolute Gasteiger partial charge is 0.508 e. The van der Waals surface area contributed by atoms with Gasteiger partial charge in [0.1, 0.15) is 12.2 Å². The van der Waals surface area contributed by atoms with E-state index < -0.39 is 6.16 Å². The number of ether oxygens (including phenoxy) is 2. The van der Waals surface area contributed by atoms with Crippen LogP contribution in [0.4, 0.5) is 4.79 Å². The Morgan fingerprint density at radius 2 is 1.07 bits per heavy atom. The van der Waals surface area contributed by atoms with Crippen molar-refractivity contribution in [2.24, 2.45) is 23.7 Å². The Balaban J connectivity index is 1.28. The van der Waals surface area contributed by atoms with E-state index in [1.54, 1.807) is 0 Å². The van der Waals surface area contributed by atoms with Crippen molar-refractivity contribution in [1.29, 1.82) is 0 Å². The van der Waals surface area contributed by atoms with Gasteiger partial charge in [-0.05, 0) is 87.9 Å². The van der Waals surface area contributed by atoms with Gasteiger partial charge in [0.2, 0.25) is 0 Å². The van der Waals surface area contributed by atoms with Crippen LogP contribution in [-0.2, 0) is 9.47 Å². The second kappa shape index (κ2) is 12.2. The minimum Gasteiger partial charge on any atom is -0.431 e. The van der Waals surface area contributed by atoms with Crippen LogP contribution in [0.5, 0.6) is 0 Å². The van der Waals surface area contributed by atoms with Gasteiger partial charge in [0.15, 0.2) is 0 Å². The quantitative estimate of drug-likeness (QED) is 0.382. The number of rotatable bonds is 8. The van der Waals surface area contributed by atoms with E-state index in [1.807, 2.05) is 0 Å². The first kappa shape index (κ1) is 22.9. The molecular weight excluding hydrogens is 360 g/mol. The lowest BCUT2D eigenvalue weighted by Gasteiger charge is -2.37. The Morgan fingerprint density at radius 3 is 1.59 bits per heavy atom. The molecule has 3 rings (SSSR count). The first-order valence-electron chi connectivity index (χ1n) is 13.0. The van der Waals surface area contributed by atoms with Gasteiger partial charge in [0.25, 0.3) is 0 Å². The highest BCUT2D eigenvalue weighted by Gasteiger charge is 2.32. The summed E-state index contributed by atoms with van der Waals surface area (Å²) in [5.41, 5.74) is 0. The molecule has 0 bridgehead atoms. The standard InChI is InChI=1S/C26H46O3/c1-3-5-7-21-8-12-22(13-9-21)23-14-18-25(19-15-23)29-26(27)28-24-16-10-20(6-4-2)11-17-24/h20-25H,3-19H2,1-2H3. The molecule has 29 heavy (non-hydrogen) atoms. The van der Waals surface area contributed by atoms with Crippen LogP contribution in [0.25, 0.3) is 0 Å². The normalized spacial score (nSPS) is 35.8. The van der Waals surface area contributed by atoms with Crippen molar-refractivity contribution in [2.45, 2.75) is 135 Å². The lowest BCUT2D eigenvalue weighted by Crippen LogP contribution is -2.31. The maximum atomic E-state index is 12.2. The predicted molar refractivity (Wildman–Crippen MR) is 119 cm³/mol. The highest BCUT2D eigenvalue weighted by atomic mass is 16.7. The van der Waals surface area contributed by atoms with Crippen LogP contribution in [0.3, 0.4) is 0 Å². The molecule has 0 amide bonds. The summed E-state index contributed by atoms with van der Waals surface area (Å²) in [6, 6.07) is 0. The second-order valence-corrected chi connectivity index (χ2v) is 10.4. The van der Waals surface area contributed by atoms with Gasteiger partial charge in [-0.3, -0.25) is 0 Å². The first-order valence-corrected chi connectivity index (χ1v) is 13.0. The molecule has 3 fully saturated rings. The van der Waals surface area contributed by atoms with Crippen molar-refractivity contribution in [3.05, 3.63) is 0 Å². The van der Waals surface area contributed by atoms with Crippen LogP contribution in [0, 0.1) is 23.7 Å². The molecule has 0 spiro atoms. The monoisotopic (exact) mass is 406 g/mol. The van der Waals surface area contributed by atoms with E-state index >= 15 is 0 Å². The van der Waals surface area contributed by atoms with Crippen LogP contribution in [0.15, 0.2) is 0 Å². The molecule has 0 saturated heterocycles. The summed E-state index contributed by atoms with van der Waals surface area (Å²) in [5, 5.41) is 0. The Morgan fingerprint density at radius 1 is 0.621 bits per heavy atom. The number of hydrogen-bond donors (Lipinski definition) is 0. The molecule has 0 aromatic heterocycles. The Kier molecular flexibility index (Phi) is 9.66. The highest BCUT2D eigenvalue weighted by molar-refractivity contribution is 5.60. The van der Waals surface area contributed by atoms with Crippen LogP contribution >= 0.6 is 0 Å². The molecule has 3 aliphatic rings. The van der Waals surface area contributed by atoms with Crippen molar-refractivity contribution in [1.82, 2.24) is 0 Å².